The number of aromatic amines is 1. The Morgan fingerprint density at radius 3 is 2.79 bits per heavy atom. The van der Waals surface area contributed by atoms with Crippen molar-refractivity contribution in [2.24, 2.45) is 0 Å². The molecule has 0 saturated heterocycles. The molecule has 5 rings (SSSR count). The van der Waals surface area contributed by atoms with Crippen molar-refractivity contribution in [2.45, 2.75) is 50.5 Å². The Morgan fingerprint density at radius 1 is 1.12 bits per heavy atom. The fourth-order valence-corrected chi connectivity index (χ4v) is 4.18. The summed E-state index contributed by atoms with van der Waals surface area (Å²) in [6.07, 6.45) is 8.80. The second kappa shape index (κ2) is 9.27. The number of H-pyrrole nitrogens is 1. The van der Waals surface area contributed by atoms with E-state index in [1.165, 1.54) is 0 Å². The highest BCUT2D eigenvalue weighted by Gasteiger charge is 2.27. The van der Waals surface area contributed by atoms with Crippen LogP contribution in [0.25, 0.3) is 22.5 Å². The largest absolute Gasteiger partial charge is 0.419 e. The molecule has 33 heavy (non-hydrogen) atoms. The Hall–Kier alpha value is -3.95. The summed E-state index contributed by atoms with van der Waals surface area (Å²) in [6, 6.07) is 7.29. The number of carbonyl (C=O) groups excluding carboxylic acids is 1. The lowest BCUT2D eigenvalue weighted by atomic mass is 9.86. The van der Waals surface area contributed by atoms with E-state index >= 15 is 0 Å². The molecule has 0 spiro atoms. The lowest BCUT2D eigenvalue weighted by Gasteiger charge is -2.27. The quantitative estimate of drug-likeness (QED) is 0.461. The molecule has 0 bridgehead atoms. The van der Waals surface area contributed by atoms with Gasteiger partial charge in [-0.05, 0) is 37.8 Å². The number of nitrogens with zero attached hydrogens (tertiary/aromatic N) is 5. The molecule has 10 nitrogen and oxygen atoms in total. The van der Waals surface area contributed by atoms with Crippen LogP contribution in [0.3, 0.4) is 0 Å². The maximum atomic E-state index is 12.5. The molecule has 0 radical (unpaired) electrons. The number of hydrogen-bond donors (Lipinski definition) is 2. The van der Waals surface area contributed by atoms with E-state index in [1.54, 1.807) is 36.8 Å². The Labute approximate surface area is 188 Å². The summed E-state index contributed by atoms with van der Waals surface area (Å²) in [5.74, 6) is 1.62. The first kappa shape index (κ1) is 20.9. The van der Waals surface area contributed by atoms with E-state index in [0.29, 0.717) is 40.6 Å². The van der Waals surface area contributed by atoms with E-state index in [4.69, 9.17) is 4.42 Å². The molecule has 1 amide bonds. The van der Waals surface area contributed by atoms with Gasteiger partial charge in [-0.1, -0.05) is 12.1 Å². The molecule has 0 aliphatic heterocycles. The van der Waals surface area contributed by atoms with Crippen LogP contribution in [0.15, 0.2) is 52.1 Å². The monoisotopic (exact) mass is 445 g/mol. The minimum Gasteiger partial charge on any atom is -0.419 e. The first-order chi connectivity index (χ1) is 16.2. The van der Waals surface area contributed by atoms with E-state index < -0.39 is 0 Å². The van der Waals surface area contributed by atoms with Crippen molar-refractivity contribution in [1.82, 2.24) is 35.5 Å². The van der Waals surface area contributed by atoms with Crippen molar-refractivity contribution >= 4 is 16.8 Å². The van der Waals surface area contributed by atoms with Gasteiger partial charge in [0.15, 0.2) is 0 Å². The van der Waals surface area contributed by atoms with Crippen LogP contribution in [0.5, 0.6) is 0 Å². The average Bonchev–Trinajstić information content (AvgIpc) is 3.34. The number of benzene rings is 1. The normalized spacial score (nSPS) is 18.3. The van der Waals surface area contributed by atoms with Crippen molar-refractivity contribution in [2.75, 3.05) is 0 Å². The zero-order chi connectivity index (χ0) is 22.6. The SMILES string of the molecule is O=C(CCc1nc2ccccc2c(=O)[nH]1)NC1CCC(c2nnc(-c3cnccn3)o2)CC1. The highest BCUT2D eigenvalue weighted by molar-refractivity contribution is 5.78. The van der Waals surface area contributed by atoms with Gasteiger partial charge in [0.2, 0.25) is 11.8 Å². The summed E-state index contributed by atoms with van der Waals surface area (Å²) < 4.78 is 5.81. The van der Waals surface area contributed by atoms with Gasteiger partial charge in [-0.25, -0.2) is 9.97 Å². The van der Waals surface area contributed by atoms with Crippen LogP contribution in [-0.4, -0.2) is 42.1 Å². The molecular formula is C23H23N7O3. The summed E-state index contributed by atoms with van der Waals surface area (Å²) in [5, 5.41) is 11.9. The number of amides is 1. The van der Waals surface area contributed by atoms with Crippen molar-refractivity contribution in [3.63, 3.8) is 0 Å². The summed E-state index contributed by atoms with van der Waals surface area (Å²) in [5.41, 5.74) is 1.01. The van der Waals surface area contributed by atoms with Crippen LogP contribution in [0.2, 0.25) is 0 Å². The molecule has 3 heterocycles. The molecule has 1 aromatic carbocycles. The zero-order valence-corrected chi connectivity index (χ0v) is 17.9. The Balaban J connectivity index is 1.11. The summed E-state index contributed by atoms with van der Waals surface area (Å²) in [7, 11) is 0. The molecule has 4 aromatic rings. The third kappa shape index (κ3) is 4.79. The van der Waals surface area contributed by atoms with Gasteiger partial charge in [0, 0.05) is 37.2 Å². The Bertz CT molecular complexity index is 1310. The second-order valence-electron chi connectivity index (χ2n) is 8.18. The molecule has 1 saturated carbocycles. The molecule has 10 heteroatoms. The minimum absolute atomic E-state index is 0.0445. The number of rotatable bonds is 6. The number of para-hydroxylation sites is 1. The van der Waals surface area contributed by atoms with Crippen LogP contribution in [0.4, 0.5) is 0 Å². The van der Waals surface area contributed by atoms with Gasteiger partial charge < -0.3 is 14.7 Å². The van der Waals surface area contributed by atoms with Gasteiger partial charge in [0.1, 0.15) is 11.5 Å². The van der Waals surface area contributed by atoms with E-state index in [9.17, 15) is 9.59 Å². The van der Waals surface area contributed by atoms with Gasteiger partial charge in [-0.3, -0.25) is 14.6 Å². The number of carbonyl (C=O) groups is 1. The predicted molar refractivity (Wildman–Crippen MR) is 119 cm³/mol. The minimum atomic E-state index is -0.183. The molecule has 2 N–H and O–H groups in total. The molecule has 0 atom stereocenters. The van der Waals surface area contributed by atoms with E-state index in [1.807, 2.05) is 6.07 Å². The number of hydrogen-bond acceptors (Lipinski definition) is 8. The van der Waals surface area contributed by atoms with Crippen molar-refractivity contribution < 1.29 is 9.21 Å². The zero-order valence-electron chi connectivity index (χ0n) is 17.9. The van der Waals surface area contributed by atoms with E-state index in [0.717, 1.165) is 25.7 Å². The number of aryl methyl sites for hydroxylation is 1. The molecule has 1 fully saturated rings. The second-order valence-corrected chi connectivity index (χ2v) is 8.18. The van der Waals surface area contributed by atoms with Gasteiger partial charge in [-0.2, -0.15) is 0 Å². The lowest BCUT2D eigenvalue weighted by Crippen LogP contribution is -2.37. The van der Waals surface area contributed by atoms with Crippen LogP contribution in [0.1, 0.15) is 49.7 Å². The first-order valence-corrected chi connectivity index (χ1v) is 11.0. The fourth-order valence-electron chi connectivity index (χ4n) is 4.18. The maximum absolute atomic E-state index is 12.5. The van der Waals surface area contributed by atoms with Gasteiger partial charge >= 0.3 is 0 Å². The summed E-state index contributed by atoms with van der Waals surface area (Å²) in [4.78, 5) is 40.1. The van der Waals surface area contributed by atoms with Crippen molar-refractivity contribution in [1.29, 1.82) is 0 Å². The first-order valence-electron chi connectivity index (χ1n) is 11.0. The molecule has 168 valence electrons. The van der Waals surface area contributed by atoms with Crippen LogP contribution >= 0.6 is 0 Å². The highest BCUT2D eigenvalue weighted by Crippen LogP contribution is 2.33. The standard InChI is InChI=1S/C23H23N7O3/c31-20(10-9-19-27-17-4-2-1-3-16(17)21(32)28-19)26-15-7-5-14(6-8-15)22-29-30-23(33-22)18-13-24-11-12-25-18/h1-4,11-15H,5-10H2,(H,26,31)(H,27,28,32). The van der Waals surface area contributed by atoms with Crippen LogP contribution < -0.4 is 10.9 Å². The van der Waals surface area contributed by atoms with E-state index in [2.05, 4.69) is 35.5 Å². The number of aromatic nitrogens is 6. The molecule has 3 aromatic heterocycles. The average molecular weight is 445 g/mol. The molecule has 1 aliphatic carbocycles. The fraction of sp³-hybridized carbons (Fsp3) is 0.348. The maximum Gasteiger partial charge on any atom is 0.267 e. The molecule has 0 unspecified atom stereocenters. The predicted octanol–water partition coefficient (Wildman–Crippen LogP) is 2.54. The number of nitrogens with one attached hydrogen (secondary N) is 2. The van der Waals surface area contributed by atoms with Crippen LogP contribution in [-0.2, 0) is 11.2 Å². The molecular weight excluding hydrogens is 422 g/mol. The van der Waals surface area contributed by atoms with Crippen LogP contribution in [0, 0.1) is 0 Å². The Morgan fingerprint density at radius 2 is 1.97 bits per heavy atom. The number of fused-ring (bicyclic) bond motifs is 1. The lowest BCUT2D eigenvalue weighted by molar-refractivity contribution is -0.122. The van der Waals surface area contributed by atoms with Gasteiger partial charge in [0.25, 0.3) is 11.4 Å². The smallest absolute Gasteiger partial charge is 0.267 e. The topological polar surface area (TPSA) is 140 Å². The van der Waals surface area contributed by atoms with Gasteiger partial charge in [0.05, 0.1) is 17.1 Å². The summed E-state index contributed by atoms with van der Waals surface area (Å²) >= 11 is 0. The Kier molecular flexibility index (Phi) is 5.88. The van der Waals surface area contributed by atoms with Crippen molar-refractivity contribution in [3.8, 4) is 11.6 Å². The summed E-state index contributed by atoms with van der Waals surface area (Å²) in [6.45, 7) is 0. The van der Waals surface area contributed by atoms with Crippen molar-refractivity contribution in [3.05, 3.63) is 64.9 Å². The molecule has 1 aliphatic rings. The third-order valence-corrected chi connectivity index (χ3v) is 5.92. The highest BCUT2D eigenvalue weighted by atomic mass is 16.4. The van der Waals surface area contributed by atoms with E-state index in [-0.39, 0.29) is 29.8 Å². The van der Waals surface area contributed by atoms with Gasteiger partial charge in [-0.15, -0.1) is 10.2 Å². The third-order valence-electron chi connectivity index (χ3n) is 5.92.